The number of esters is 1. The minimum absolute atomic E-state index is 0.0682. The third kappa shape index (κ3) is 7.40. The molecule has 9 heteroatoms. The van der Waals surface area contributed by atoms with Gasteiger partial charge in [0.2, 0.25) is 0 Å². The predicted molar refractivity (Wildman–Crippen MR) is 105 cm³/mol. The predicted octanol–water partition coefficient (Wildman–Crippen LogP) is 4.03. The minimum Gasteiger partial charge on any atom is -0.463 e. The minimum atomic E-state index is -0.712. The number of carbonyl (C=O) groups excluding carboxylic acids is 2. The maximum atomic E-state index is 12.3. The number of rotatable bonds is 8. The summed E-state index contributed by atoms with van der Waals surface area (Å²) in [5, 5.41) is 6.57. The van der Waals surface area contributed by atoms with E-state index in [1.165, 1.54) is 0 Å². The first kappa shape index (κ1) is 23.8. The summed E-state index contributed by atoms with van der Waals surface area (Å²) in [4.78, 5) is 27.5. The van der Waals surface area contributed by atoms with Crippen LogP contribution >= 0.6 is 0 Å². The molecule has 1 aliphatic carbocycles. The quantitative estimate of drug-likeness (QED) is 0.287. The standard InChI is InChI=1S/C19H32N4O5/c1-7-13(8-2)27-15-11-12(17(24)26-9-3)10-14(16(15)22-23-20)21-18(25)28-19(4,5)6/h11,13-16H,7-10H2,1-6H3,(H,21,25)/t14-,15+,16+/m1/s1. The highest BCUT2D eigenvalue weighted by Gasteiger charge is 2.38. The number of ether oxygens (including phenoxy) is 3. The van der Waals surface area contributed by atoms with Gasteiger partial charge in [-0.3, -0.25) is 0 Å². The molecule has 0 aromatic carbocycles. The Morgan fingerprint density at radius 2 is 1.96 bits per heavy atom. The first-order valence-electron chi connectivity index (χ1n) is 9.72. The number of azide groups is 1. The second kappa shape index (κ2) is 10.9. The normalized spacial score (nSPS) is 22.1. The van der Waals surface area contributed by atoms with E-state index >= 15 is 0 Å². The molecule has 1 aliphatic rings. The van der Waals surface area contributed by atoms with E-state index in [0.29, 0.717) is 5.57 Å². The third-order valence-electron chi connectivity index (χ3n) is 4.24. The van der Waals surface area contributed by atoms with Gasteiger partial charge in [0.1, 0.15) is 5.60 Å². The van der Waals surface area contributed by atoms with Crippen LogP contribution < -0.4 is 5.32 Å². The largest absolute Gasteiger partial charge is 0.463 e. The van der Waals surface area contributed by atoms with Crippen molar-refractivity contribution in [1.82, 2.24) is 5.32 Å². The van der Waals surface area contributed by atoms with Crippen LogP contribution in [0.3, 0.4) is 0 Å². The average Bonchev–Trinajstić information content (AvgIpc) is 2.60. The number of amides is 1. The average molecular weight is 396 g/mol. The van der Waals surface area contributed by atoms with Crippen molar-refractivity contribution < 1.29 is 23.8 Å². The summed E-state index contributed by atoms with van der Waals surface area (Å²) >= 11 is 0. The maximum Gasteiger partial charge on any atom is 0.407 e. The summed E-state index contributed by atoms with van der Waals surface area (Å²) < 4.78 is 16.5. The van der Waals surface area contributed by atoms with Crippen LogP contribution in [0.25, 0.3) is 10.4 Å². The molecule has 1 amide bonds. The fourth-order valence-corrected chi connectivity index (χ4v) is 2.95. The molecule has 1 rings (SSSR count). The Balaban J connectivity index is 3.17. The fraction of sp³-hybridized carbons (Fsp3) is 0.789. The van der Waals surface area contributed by atoms with Crippen LogP contribution in [-0.2, 0) is 19.0 Å². The van der Waals surface area contributed by atoms with E-state index < -0.39 is 35.9 Å². The Morgan fingerprint density at radius 3 is 2.46 bits per heavy atom. The van der Waals surface area contributed by atoms with Crippen LogP contribution in [-0.4, -0.2) is 48.6 Å². The van der Waals surface area contributed by atoms with Crippen LogP contribution in [0.1, 0.15) is 60.8 Å². The molecule has 0 unspecified atom stereocenters. The summed E-state index contributed by atoms with van der Waals surface area (Å²) in [6, 6.07) is -1.37. The maximum absolute atomic E-state index is 12.3. The fourth-order valence-electron chi connectivity index (χ4n) is 2.95. The van der Waals surface area contributed by atoms with Crippen LogP contribution in [0.4, 0.5) is 4.79 Å². The highest BCUT2D eigenvalue weighted by Crippen LogP contribution is 2.27. The molecule has 3 atom stereocenters. The number of nitrogens with zero attached hydrogens (tertiary/aromatic N) is 3. The van der Waals surface area contributed by atoms with Crippen molar-refractivity contribution in [1.29, 1.82) is 0 Å². The van der Waals surface area contributed by atoms with Crippen LogP contribution in [0.5, 0.6) is 0 Å². The smallest absolute Gasteiger partial charge is 0.407 e. The number of alkyl carbamates (subject to hydrolysis) is 1. The summed E-state index contributed by atoms with van der Waals surface area (Å²) in [5.74, 6) is -0.476. The van der Waals surface area contributed by atoms with Gasteiger partial charge in [0.25, 0.3) is 0 Å². The lowest BCUT2D eigenvalue weighted by Gasteiger charge is -2.36. The molecular weight excluding hydrogens is 364 g/mol. The van der Waals surface area contributed by atoms with Gasteiger partial charge >= 0.3 is 12.1 Å². The molecule has 28 heavy (non-hydrogen) atoms. The number of hydrogen-bond donors (Lipinski definition) is 1. The van der Waals surface area contributed by atoms with Gasteiger partial charge in [0, 0.05) is 22.9 Å². The molecule has 0 aliphatic heterocycles. The van der Waals surface area contributed by atoms with E-state index in [1.807, 2.05) is 13.8 Å². The Labute approximate surface area is 166 Å². The topological polar surface area (TPSA) is 123 Å². The molecule has 0 aromatic rings. The van der Waals surface area contributed by atoms with Gasteiger partial charge in [0.05, 0.1) is 24.9 Å². The first-order chi connectivity index (χ1) is 13.1. The van der Waals surface area contributed by atoms with Crippen molar-refractivity contribution in [2.75, 3.05) is 6.61 Å². The summed E-state index contributed by atoms with van der Waals surface area (Å²) in [7, 11) is 0. The zero-order chi connectivity index (χ0) is 21.3. The van der Waals surface area contributed by atoms with E-state index in [-0.39, 0.29) is 19.1 Å². The highest BCUT2D eigenvalue weighted by atomic mass is 16.6. The first-order valence-corrected chi connectivity index (χ1v) is 9.72. The van der Waals surface area contributed by atoms with Gasteiger partial charge in [-0.25, -0.2) is 9.59 Å². The van der Waals surface area contributed by atoms with Crippen LogP contribution in [0.15, 0.2) is 16.8 Å². The van der Waals surface area contributed by atoms with Crippen LogP contribution in [0, 0.1) is 0 Å². The highest BCUT2D eigenvalue weighted by molar-refractivity contribution is 5.89. The van der Waals surface area contributed by atoms with E-state index in [1.54, 1.807) is 33.8 Å². The Hall–Kier alpha value is -2.25. The summed E-state index contributed by atoms with van der Waals surface area (Å²) in [5.41, 5.74) is 8.72. The van der Waals surface area contributed by atoms with Crippen molar-refractivity contribution >= 4 is 12.1 Å². The molecule has 0 saturated heterocycles. The molecular formula is C19H32N4O5. The van der Waals surface area contributed by atoms with Crippen molar-refractivity contribution in [2.24, 2.45) is 5.11 Å². The molecule has 9 nitrogen and oxygen atoms in total. The molecule has 158 valence electrons. The van der Waals surface area contributed by atoms with Gasteiger partial charge in [-0.15, -0.1) is 0 Å². The van der Waals surface area contributed by atoms with E-state index in [9.17, 15) is 9.59 Å². The molecule has 0 fully saturated rings. The number of carbonyl (C=O) groups is 2. The zero-order valence-electron chi connectivity index (χ0n) is 17.6. The Bertz CT molecular complexity index is 618. The lowest BCUT2D eigenvalue weighted by molar-refractivity contribution is -0.139. The molecule has 0 bridgehead atoms. The van der Waals surface area contributed by atoms with E-state index in [2.05, 4.69) is 15.3 Å². The summed E-state index contributed by atoms with van der Waals surface area (Å²) in [6.07, 6.45) is 1.95. The van der Waals surface area contributed by atoms with Gasteiger partial charge in [-0.1, -0.05) is 19.0 Å². The van der Waals surface area contributed by atoms with Gasteiger partial charge < -0.3 is 19.5 Å². The van der Waals surface area contributed by atoms with Gasteiger partial charge in [-0.05, 0) is 52.1 Å². The van der Waals surface area contributed by atoms with Crippen molar-refractivity contribution in [3.05, 3.63) is 22.1 Å². The van der Waals surface area contributed by atoms with Crippen molar-refractivity contribution in [3.63, 3.8) is 0 Å². The lowest BCUT2D eigenvalue weighted by Crippen LogP contribution is -2.52. The van der Waals surface area contributed by atoms with Gasteiger partial charge in [0.15, 0.2) is 0 Å². The SMILES string of the molecule is CCOC(=O)C1=C[C@H](OC(CC)CC)[C@@H](N=[N+]=[N-])[C@H](NC(=O)OC(C)(C)C)C1. The molecule has 0 saturated carbocycles. The lowest BCUT2D eigenvalue weighted by atomic mass is 9.88. The summed E-state index contributed by atoms with van der Waals surface area (Å²) in [6.45, 7) is 11.2. The third-order valence-corrected chi connectivity index (χ3v) is 4.24. The number of nitrogens with one attached hydrogen (secondary N) is 1. The molecule has 1 N–H and O–H groups in total. The second-order valence-corrected chi connectivity index (χ2v) is 7.60. The van der Waals surface area contributed by atoms with Crippen LogP contribution in [0.2, 0.25) is 0 Å². The van der Waals surface area contributed by atoms with Gasteiger partial charge in [-0.2, -0.15) is 0 Å². The van der Waals surface area contributed by atoms with Crippen molar-refractivity contribution in [2.45, 2.75) is 90.7 Å². The Morgan fingerprint density at radius 1 is 1.32 bits per heavy atom. The molecule has 0 aromatic heterocycles. The Kier molecular flexibility index (Phi) is 9.28. The number of hydrogen-bond acceptors (Lipinski definition) is 6. The monoisotopic (exact) mass is 396 g/mol. The second-order valence-electron chi connectivity index (χ2n) is 7.60. The van der Waals surface area contributed by atoms with E-state index in [0.717, 1.165) is 12.8 Å². The zero-order valence-corrected chi connectivity index (χ0v) is 17.6. The molecule has 0 heterocycles. The molecule has 0 radical (unpaired) electrons. The van der Waals surface area contributed by atoms with Crippen molar-refractivity contribution in [3.8, 4) is 0 Å². The molecule has 0 spiro atoms. The van der Waals surface area contributed by atoms with E-state index in [4.69, 9.17) is 19.7 Å².